The van der Waals surface area contributed by atoms with Gasteiger partial charge in [-0.15, -0.1) is 0 Å². The van der Waals surface area contributed by atoms with Gasteiger partial charge in [-0.3, -0.25) is 24.0 Å². The van der Waals surface area contributed by atoms with Crippen LogP contribution in [0.15, 0.2) is 0 Å². The molecular formula is C17H21NO16. The van der Waals surface area contributed by atoms with E-state index in [-0.39, 0.29) is 0 Å². The largest absolute Gasteiger partial charge is 0.481 e. The molecule has 3 atom stereocenters. The van der Waals surface area contributed by atoms with Crippen LogP contribution in [0.1, 0.15) is 38.5 Å². The van der Waals surface area contributed by atoms with Gasteiger partial charge < -0.3 is 45.8 Å². The molecule has 0 heterocycles. The molecule has 17 nitrogen and oxygen atoms in total. The van der Waals surface area contributed by atoms with Crippen LogP contribution in [-0.4, -0.2) is 95.6 Å². The van der Waals surface area contributed by atoms with E-state index < -0.39 is 104 Å². The number of carbonyl (C=O) groups is 8. The molecule has 8 N–H and O–H groups in total. The number of esters is 4. The number of rotatable bonds is 14. The first-order valence-electron chi connectivity index (χ1n) is 9.00. The zero-order valence-electron chi connectivity index (χ0n) is 17.2. The van der Waals surface area contributed by atoms with Crippen LogP contribution in [0.5, 0.6) is 0 Å². The molecule has 0 saturated heterocycles. The summed E-state index contributed by atoms with van der Waals surface area (Å²) in [6, 6.07) is -1.72. The van der Waals surface area contributed by atoms with E-state index in [2.05, 4.69) is 9.47 Å². The van der Waals surface area contributed by atoms with E-state index in [4.69, 9.17) is 26.2 Å². The molecule has 34 heavy (non-hydrogen) atoms. The quantitative estimate of drug-likeness (QED) is 0.0911. The van der Waals surface area contributed by atoms with Crippen LogP contribution in [0.2, 0.25) is 0 Å². The second kappa shape index (κ2) is 12.3. The average Bonchev–Trinajstić information content (AvgIpc) is 2.63. The van der Waals surface area contributed by atoms with Crippen molar-refractivity contribution in [2.75, 3.05) is 0 Å². The molecule has 0 spiro atoms. The van der Waals surface area contributed by atoms with Crippen LogP contribution in [-0.2, 0) is 47.8 Å². The van der Waals surface area contributed by atoms with Crippen molar-refractivity contribution in [3.63, 3.8) is 0 Å². The third-order valence-electron chi connectivity index (χ3n) is 3.96. The molecule has 0 amide bonds. The Hall–Kier alpha value is -3.96. The van der Waals surface area contributed by atoms with Crippen molar-refractivity contribution < 1.29 is 78.5 Å². The van der Waals surface area contributed by atoms with Crippen molar-refractivity contribution in [3.8, 4) is 0 Å². The Morgan fingerprint density at radius 1 is 0.647 bits per heavy atom. The minimum absolute atomic E-state index is 0.616. The van der Waals surface area contributed by atoms with Crippen molar-refractivity contribution >= 4 is 47.8 Å². The van der Waals surface area contributed by atoms with E-state index in [0.29, 0.717) is 0 Å². The Kier molecular flexibility index (Phi) is 10.9. The fourth-order valence-corrected chi connectivity index (χ4v) is 2.23. The summed E-state index contributed by atoms with van der Waals surface area (Å²) in [4.78, 5) is 89.8. The Morgan fingerprint density at radius 3 is 1.38 bits per heavy atom. The van der Waals surface area contributed by atoms with E-state index >= 15 is 0 Å². The summed E-state index contributed by atoms with van der Waals surface area (Å²) in [5.41, 5.74) is -0.757. The number of aliphatic hydroxyl groups is 2. The maximum absolute atomic E-state index is 11.7. The molecule has 0 aliphatic heterocycles. The molecular weight excluding hydrogens is 474 g/mol. The smallest absolute Gasteiger partial charge is 0.336 e. The zero-order chi connectivity index (χ0) is 26.9. The average molecular weight is 495 g/mol. The molecule has 17 heteroatoms. The molecule has 0 fully saturated rings. The molecule has 0 radical (unpaired) electrons. The second-order valence-corrected chi connectivity index (χ2v) is 6.95. The van der Waals surface area contributed by atoms with Gasteiger partial charge in [0.05, 0.1) is 25.7 Å². The van der Waals surface area contributed by atoms with Crippen molar-refractivity contribution in [1.29, 1.82) is 0 Å². The Morgan fingerprint density at radius 2 is 1.03 bits per heavy atom. The van der Waals surface area contributed by atoms with Crippen molar-refractivity contribution in [2.45, 2.75) is 55.8 Å². The molecule has 0 aromatic heterocycles. The number of hydrogen-bond donors (Lipinski definition) is 7. The number of aliphatic carboxylic acids is 4. The van der Waals surface area contributed by atoms with E-state index in [1.165, 1.54) is 0 Å². The number of carboxylic acid groups (broad SMARTS) is 4. The van der Waals surface area contributed by atoms with Gasteiger partial charge in [0.1, 0.15) is 6.04 Å². The zero-order valence-corrected chi connectivity index (χ0v) is 17.2. The minimum Gasteiger partial charge on any atom is -0.481 e. The second-order valence-electron chi connectivity index (χ2n) is 6.95. The molecule has 0 aromatic carbocycles. The molecule has 0 rings (SSSR count). The number of carbonyl (C=O) groups excluding carboxylic acids is 4. The first kappa shape index (κ1) is 30.0. The highest BCUT2D eigenvalue weighted by atomic mass is 16.6. The Balaban J connectivity index is 4.77. The minimum atomic E-state index is -3.07. The van der Waals surface area contributed by atoms with Gasteiger partial charge in [-0.1, -0.05) is 0 Å². The van der Waals surface area contributed by atoms with E-state index in [0.717, 1.165) is 0 Å². The van der Waals surface area contributed by atoms with E-state index in [1.54, 1.807) is 0 Å². The highest BCUT2D eigenvalue weighted by Gasteiger charge is 2.43. The summed E-state index contributed by atoms with van der Waals surface area (Å²) >= 11 is 0. The van der Waals surface area contributed by atoms with Crippen LogP contribution in [0.4, 0.5) is 0 Å². The third kappa shape index (κ3) is 10.1. The molecule has 190 valence electrons. The Labute approximate surface area is 188 Å². The van der Waals surface area contributed by atoms with Gasteiger partial charge in [0.15, 0.2) is 11.2 Å². The lowest BCUT2D eigenvalue weighted by atomic mass is 9.96. The number of hydrogen-bond acceptors (Lipinski definition) is 13. The number of carboxylic acids is 4. The third-order valence-corrected chi connectivity index (χ3v) is 3.96. The van der Waals surface area contributed by atoms with E-state index in [1.807, 2.05) is 0 Å². The topological polar surface area (TPSA) is 302 Å². The first-order valence-corrected chi connectivity index (χ1v) is 9.00. The lowest BCUT2D eigenvalue weighted by molar-refractivity contribution is -0.175. The lowest BCUT2D eigenvalue weighted by Crippen LogP contribution is -2.44. The highest BCUT2D eigenvalue weighted by molar-refractivity contribution is 5.94. The maximum Gasteiger partial charge on any atom is 0.336 e. The first-order chi connectivity index (χ1) is 15.4. The molecule has 0 saturated carbocycles. The summed E-state index contributed by atoms with van der Waals surface area (Å²) in [5.74, 6) is -13.8. The van der Waals surface area contributed by atoms with Crippen molar-refractivity contribution in [1.82, 2.24) is 0 Å². The van der Waals surface area contributed by atoms with Gasteiger partial charge in [-0.2, -0.15) is 0 Å². The molecule has 2 unspecified atom stereocenters. The standard InChI is InChI=1S/C17H21NO16/c18-7(13(26)34-12(25)6-17(32,15(29)30)4-9(21)22)1-2-10(23)33-11(24)5-16(31,14(27)28)3-8(19)20/h7,31-32H,1-6,18H2,(H,19,20)(H,21,22)(H,27,28)(H,29,30)/t7-,16?,17?/m0/s1. The van der Waals surface area contributed by atoms with Gasteiger partial charge in [0, 0.05) is 6.42 Å². The van der Waals surface area contributed by atoms with E-state index in [9.17, 15) is 48.6 Å². The maximum atomic E-state index is 11.7. The summed E-state index contributed by atoms with van der Waals surface area (Å²) in [6.45, 7) is 0. The molecule has 0 aliphatic carbocycles. The predicted octanol–water partition coefficient (Wildman–Crippen LogP) is -3.41. The van der Waals surface area contributed by atoms with Gasteiger partial charge in [-0.25, -0.2) is 14.4 Å². The monoisotopic (exact) mass is 495 g/mol. The van der Waals surface area contributed by atoms with Gasteiger partial charge >= 0.3 is 47.8 Å². The van der Waals surface area contributed by atoms with Crippen LogP contribution in [0, 0.1) is 0 Å². The lowest BCUT2D eigenvalue weighted by Gasteiger charge is -2.20. The van der Waals surface area contributed by atoms with Gasteiger partial charge in [-0.05, 0) is 6.42 Å². The summed E-state index contributed by atoms with van der Waals surface area (Å²) in [7, 11) is 0. The van der Waals surface area contributed by atoms with Crippen molar-refractivity contribution in [3.05, 3.63) is 0 Å². The fourth-order valence-electron chi connectivity index (χ4n) is 2.23. The van der Waals surface area contributed by atoms with Crippen LogP contribution >= 0.6 is 0 Å². The summed E-state index contributed by atoms with van der Waals surface area (Å²) in [5, 5.41) is 54.3. The number of ether oxygens (including phenoxy) is 2. The Bertz CT molecular complexity index is 881. The SMILES string of the molecule is N[C@@H](CCC(=O)OC(=O)CC(O)(CC(=O)O)C(=O)O)C(=O)OC(=O)CC(O)(CC(=O)O)C(=O)O. The van der Waals surface area contributed by atoms with Crippen LogP contribution in [0.3, 0.4) is 0 Å². The predicted molar refractivity (Wildman–Crippen MR) is 98.3 cm³/mol. The van der Waals surface area contributed by atoms with Crippen LogP contribution in [0.25, 0.3) is 0 Å². The molecule has 0 aliphatic rings. The molecule has 0 aromatic rings. The highest BCUT2D eigenvalue weighted by Crippen LogP contribution is 2.18. The number of nitrogens with two attached hydrogens (primary N) is 1. The summed E-state index contributed by atoms with van der Waals surface area (Å²) < 4.78 is 8.39. The normalized spacial score (nSPS) is 15.0. The molecule has 0 bridgehead atoms. The van der Waals surface area contributed by atoms with Crippen molar-refractivity contribution in [2.24, 2.45) is 5.73 Å². The fraction of sp³-hybridized carbons (Fsp3) is 0.529. The van der Waals surface area contributed by atoms with Gasteiger partial charge in [0.2, 0.25) is 0 Å². The summed E-state index contributed by atoms with van der Waals surface area (Å²) in [6.07, 6.45) is -6.98. The van der Waals surface area contributed by atoms with Gasteiger partial charge in [0.25, 0.3) is 0 Å². The van der Waals surface area contributed by atoms with Crippen LogP contribution < -0.4 is 5.73 Å².